The molecule has 5 heteroatoms. The molecular weight excluding hydrogens is 192 g/mol. The highest BCUT2D eigenvalue weighted by atomic mass is 16.2. The highest BCUT2D eigenvalue weighted by molar-refractivity contribution is 5.83. The Bertz CT molecular complexity index is 364. The molecule has 0 spiro atoms. The molecule has 15 heavy (non-hydrogen) atoms. The molecule has 0 bridgehead atoms. The van der Waals surface area contributed by atoms with Gasteiger partial charge in [-0.05, 0) is 20.8 Å². The summed E-state index contributed by atoms with van der Waals surface area (Å²) in [7, 11) is 1.61. The van der Waals surface area contributed by atoms with E-state index in [1.807, 2.05) is 13.8 Å². The second-order valence-electron chi connectivity index (χ2n) is 3.43. The van der Waals surface area contributed by atoms with E-state index < -0.39 is 0 Å². The van der Waals surface area contributed by atoms with Crippen molar-refractivity contribution >= 4 is 11.7 Å². The van der Waals surface area contributed by atoms with Crippen molar-refractivity contribution in [2.24, 2.45) is 0 Å². The lowest BCUT2D eigenvalue weighted by molar-refractivity contribution is -0.121. The first kappa shape index (κ1) is 11.4. The Hall–Kier alpha value is -1.65. The topological polar surface area (TPSA) is 66.9 Å². The fourth-order valence-electron chi connectivity index (χ4n) is 1.16. The second kappa shape index (κ2) is 4.72. The second-order valence-corrected chi connectivity index (χ2v) is 3.43. The van der Waals surface area contributed by atoms with Crippen LogP contribution in [0.3, 0.4) is 0 Å². The van der Waals surface area contributed by atoms with E-state index in [2.05, 4.69) is 20.6 Å². The molecule has 1 aromatic heterocycles. The van der Waals surface area contributed by atoms with E-state index in [0.717, 1.165) is 11.4 Å². The van der Waals surface area contributed by atoms with Crippen LogP contribution in [-0.4, -0.2) is 29.0 Å². The lowest BCUT2D eigenvalue weighted by atomic mass is 10.3. The quantitative estimate of drug-likeness (QED) is 0.765. The summed E-state index contributed by atoms with van der Waals surface area (Å²) in [5.41, 5.74) is 1.61. The van der Waals surface area contributed by atoms with Crippen molar-refractivity contribution in [1.29, 1.82) is 0 Å². The first-order valence-electron chi connectivity index (χ1n) is 4.83. The van der Waals surface area contributed by atoms with E-state index in [4.69, 9.17) is 0 Å². The molecule has 5 nitrogen and oxygen atoms in total. The van der Waals surface area contributed by atoms with Crippen molar-refractivity contribution in [1.82, 2.24) is 15.3 Å². The summed E-state index contributed by atoms with van der Waals surface area (Å²) in [5.74, 6) is 0.587. The number of likely N-dealkylation sites (N-methyl/N-ethyl adjacent to an activating group) is 1. The fourth-order valence-corrected chi connectivity index (χ4v) is 1.16. The van der Waals surface area contributed by atoms with Crippen LogP contribution < -0.4 is 10.6 Å². The van der Waals surface area contributed by atoms with Gasteiger partial charge in [0.2, 0.25) is 5.91 Å². The Morgan fingerprint density at radius 2 is 2.13 bits per heavy atom. The van der Waals surface area contributed by atoms with Crippen LogP contribution in [0.25, 0.3) is 0 Å². The molecule has 1 heterocycles. The molecule has 2 N–H and O–H groups in total. The maximum atomic E-state index is 11.3. The van der Waals surface area contributed by atoms with Crippen LogP contribution in [0.4, 0.5) is 5.82 Å². The zero-order valence-corrected chi connectivity index (χ0v) is 9.46. The maximum absolute atomic E-state index is 11.3. The summed E-state index contributed by atoms with van der Waals surface area (Å²) in [5, 5.41) is 5.59. The van der Waals surface area contributed by atoms with Gasteiger partial charge in [0.25, 0.3) is 0 Å². The number of anilines is 1. The Morgan fingerprint density at radius 3 is 2.73 bits per heavy atom. The largest absolute Gasteiger partial charge is 0.357 e. The summed E-state index contributed by atoms with van der Waals surface area (Å²) in [4.78, 5) is 19.7. The Kier molecular flexibility index (Phi) is 3.60. The third-order valence-corrected chi connectivity index (χ3v) is 2.07. The number of hydrogen-bond acceptors (Lipinski definition) is 4. The molecule has 82 valence electrons. The van der Waals surface area contributed by atoms with Crippen LogP contribution in [-0.2, 0) is 4.79 Å². The summed E-state index contributed by atoms with van der Waals surface area (Å²) < 4.78 is 0. The van der Waals surface area contributed by atoms with Gasteiger partial charge in [-0.1, -0.05) is 0 Å². The van der Waals surface area contributed by atoms with Gasteiger partial charge < -0.3 is 10.6 Å². The number of aromatic nitrogens is 2. The van der Waals surface area contributed by atoms with Gasteiger partial charge in [0.1, 0.15) is 11.9 Å². The van der Waals surface area contributed by atoms with E-state index in [-0.39, 0.29) is 11.9 Å². The zero-order chi connectivity index (χ0) is 11.4. The van der Waals surface area contributed by atoms with E-state index in [1.54, 1.807) is 20.2 Å². The molecule has 1 unspecified atom stereocenters. The van der Waals surface area contributed by atoms with Crippen LogP contribution in [0.5, 0.6) is 0 Å². The lowest BCUT2D eigenvalue weighted by Crippen LogP contribution is -2.35. The number of nitrogens with one attached hydrogen (secondary N) is 2. The normalized spacial score (nSPS) is 12.0. The minimum Gasteiger partial charge on any atom is -0.357 e. The Labute approximate surface area is 89.3 Å². The van der Waals surface area contributed by atoms with E-state index >= 15 is 0 Å². The molecule has 0 aromatic carbocycles. The Morgan fingerprint density at radius 1 is 1.47 bits per heavy atom. The number of hydrogen-bond donors (Lipinski definition) is 2. The van der Waals surface area contributed by atoms with Gasteiger partial charge in [0, 0.05) is 13.2 Å². The third-order valence-electron chi connectivity index (χ3n) is 2.07. The lowest BCUT2D eigenvalue weighted by Gasteiger charge is -2.14. The average Bonchev–Trinajstić information content (AvgIpc) is 2.22. The smallest absolute Gasteiger partial charge is 0.241 e. The van der Waals surface area contributed by atoms with E-state index in [9.17, 15) is 4.79 Å². The molecule has 0 saturated carbocycles. The average molecular weight is 208 g/mol. The standard InChI is InChI=1S/C10H16N4O/c1-6-5-12-7(2)9(13-6)14-8(3)10(15)11-4/h5,8H,1-4H3,(H,11,15)(H,13,14). The van der Waals surface area contributed by atoms with Crippen molar-refractivity contribution < 1.29 is 4.79 Å². The minimum atomic E-state index is -0.315. The minimum absolute atomic E-state index is 0.0716. The SMILES string of the molecule is CNC(=O)C(C)Nc1nc(C)cnc1C. The number of carbonyl (C=O) groups is 1. The number of carbonyl (C=O) groups excluding carboxylic acids is 1. The molecule has 0 aliphatic carbocycles. The van der Waals surface area contributed by atoms with Gasteiger partial charge in [0.15, 0.2) is 0 Å². The molecule has 0 fully saturated rings. The van der Waals surface area contributed by atoms with Gasteiger partial charge in [-0.2, -0.15) is 0 Å². The van der Waals surface area contributed by atoms with Gasteiger partial charge in [-0.25, -0.2) is 4.98 Å². The fraction of sp³-hybridized carbons (Fsp3) is 0.500. The van der Waals surface area contributed by atoms with Crippen molar-refractivity contribution in [3.63, 3.8) is 0 Å². The third kappa shape index (κ3) is 2.90. The molecular formula is C10H16N4O. The molecule has 1 atom stereocenters. The number of rotatable bonds is 3. The van der Waals surface area contributed by atoms with Crippen LogP contribution in [0.1, 0.15) is 18.3 Å². The molecule has 1 aromatic rings. The molecule has 0 saturated heterocycles. The summed E-state index contributed by atoms with van der Waals surface area (Å²) >= 11 is 0. The molecule has 1 amide bonds. The zero-order valence-electron chi connectivity index (χ0n) is 9.46. The molecule has 0 aliphatic rings. The first-order valence-corrected chi connectivity index (χ1v) is 4.83. The van der Waals surface area contributed by atoms with Crippen molar-refractivity contribution in [3.8, 4) is 0 Å². The van der Waals surface area contributed by atoms with Gasteiger partial charge in [-0.3, -0.25) is 9.78 Å². The van der Waals surface area contributed by atoms with Crippen LogP contribution in [0, 0.1) is 13.8 Å². The van der Waals surface area contributed by atoms with E-state index in [0.29, 0.717) is 5.82 Å². The van der Waals surface area contributed by atoms with Crippen LogP contribution >= 0.6 is 0 Å². The monoisotopic (exact) mass is 208 g/mol. The predicted molar refractivity (Wildman–Crippen MR) is 58.7 cm³/mol. The first-order chi connectivity index (χ1) is 7.04. The predicted octanol–water partition coefficient (Wildman–Crippen LogP) is 0.640. The van der Waals surface area contributed by atoms with Gasteiger partial charge >= 0.3 is 0 Å². The highest BCUT2D eigenvalue weighted by Crippen LogP contribution is 2.09. The van der Waals surface area contributed by atoms with Crippen molar-refractivity contribution in [2.45, 2.75) is 26.8 Å². The molecule has 0 aliphatic heterocycles. The number of nitrogens with zero attached hydrogens (tertiary/aromatic N) is 2. The van der Waals surface area contributed by atoms with E-state index in [1.165, 1.54) is 0 Å². The molecule has 1 rings (SSSR count). The summed E-state index contributed by atoms with van der Waals surface area (Å²) in [6.45, 7) is 5.50. The van der Waals surface area contributed by atoms with Crippen LogP contribution in [0.2, 0.25) is 0 Å². The van der Waals surface area contributed by atoms with Crippen molar-refractivity contribution in [3.05, 3.63) is 17.6 Å². The number of aryl methyl sites for hydroxylation is 2. The molecule has 0 radical (unpaired) electrons. The highest BCUT2D eigenvalue weighted by Gasteiger charge is 2.12. The Balaban J connectivity index is 2.80. The van der Waals surface area contributed by atoms with Gasteiger partial charge in [0.05, 0.1) is 11.4 Å². The van der Waals surface area contributed by atoms with Gasteiger partial charge in [-0.15, -0.1) is 0 Å². The summed E-state index contributed by atoms with van der Waals surface area (Å²) in [6, 6.07) is -0.315. The maximum Gasteiger partial charge on any atom is 0.241 e. The number of amides is 1. The van der Waals surface area contributed by atoms with Crippen LogP contribution in [0.15, 0.2) is 6.20 Å². The van der Waals surface area contributed by atoms with Crippen molar-refractivity contribution in [2.75, 3.05) is 12.4 Å². The summed E-state index contributed by atoms with van der Waals surface area (Å²) in [6.07, 6.45) is 1.70.